The first kappa shape index (κ1) is 27.4. The van der Waals surface area contributed by atoms with Gasteiger partial charge in [0.05, 0.1) is 31.7 Å². The van der Waals surface area contributed by atoms with Crippen LogP contribution in [0.2, 0.25) is 0 Å². The molecule has 4 rings (SSSR count). The lowest BCUT2D eigenvalue weighted by atomic mass is 9.92. The van der Waals surface area contributed by atoms with Gasteiger partial charge in [-0.05, 0) is 61.9 Å². The van der Waals surface area contributed by atoms with Crippen LogP contribution in [-0.4, -0.2) is 35.4 Å². The predicted octanol–water partition coefficient (Wildman–Crippen LogP) is 6.51. The van der Waals surface area contributed by atoms with Crippen LogP contribution in [0.25, 0.3) is 0 Å². The van der Waals surface area contributed by atoms with E-state index in [1.54, 1.807) is 37.3 Å². The van der Waals surface area contributed by atoms with Crippen molar-refractivity contribution in [1.29, 1.82) is 0 Å². The van der Waals surface area contributed by atoms with E-state index in [2.05, 4.69) is 0 Å². The molecule has 3 aromatic carbocycles. The number of rotatable bonds is 8. The number of amides is 1. The molecule has 0 radical (unpaired) electrons. The fraction of sp³-hybridized carbons (Fsp3) is 0.286. The molecule has 0 unspecified atom stereocenters. The third kappa shape index (κ3) is 5.18. The minimum Gasteiger partial charge on any atom is -0.493 e. The number of alkyl halides is 3. The summed E-state index contributed by atoms with van der Waals surface area (Å²) in [7, 11) is 1.46. The molecule has 1 saturated heterocycles. The topological polar surface area (TPSA) is 76.1 Å². The number of thioether (sulfide) groups is 1. The Morgan fingerprint density at radius 3 is 2.42 bits per heavy atom. The second-order valence-electron chi connectivity index (χ2n) is 8.84. The summed E-state index contributed by atoms with van der Waals surface area (Å²) < 4.78 is 50.0. The number of hydrogen-bond acceptors (Lipinski definition) is 5. The van der Waals surface area contributed by atoms with Crippen LogP contribution in [0.5, 0.6) is 11.5 Å². The number of aryl methyl sites for hydroxylation is 1. The Bertz CT molecular complexity index is 1350. The van der Waals surface area contributed by atoms with Crippen molar-refractivity contribution in [3.05, 3.63) is 83.4 Å². The van der Waals surface area contributed by atoms with E-state index in [0.717, 1.165) is 34.4 Å². The fourth-order valence-electron chi connectivity index (χ4n) is 4.58. The summed E-state index contributed by atoms with van der Waals surface area (Å²) in [6, 6.07) is 15.2. The fourth-order valence-corrected chi connectivity index (χ4v) is 5.91. The quantitative estimate of drug-likeness (QED) is 0.348. The van der Waals surface area contributed by atoms with Crippen LogP contribution in [-0.2, 0) is 15.8 Å². The Kier molecular flexibility index (Phi) is 7.64. The maximum absolute atomic E-state index is 13.6. The summed E-state index contributed by atoms with van der Waals surface area (Å²) in [4.78, 5) is 28.3. The molecule has 0 bridgehead atoms. The number of ether oxygens (including phenoxy) is 2. The molecule has 0 aliphatic carbocycles. The van der Waals surface area contributed by atoms with Crippen molar-refractivity contribution in [2.75, 3.05) is 18.6 Å². The number of methoxy groups -OCH3 is 1. The molecule has 1 fully saturated rings. The molecule has 3 aromatic rings. The molecular formula is C28H26F3NO5S. The summed E-state index contributed by atoms with van der Waals surface area (Å²) >= 11 is 1.00. The SMILES string of the molecule is CCOc1cc([C@H]2N(c3cccc(C(F)(F)F)c3)C(=O)C[C@]2(Sc2ccc(C)cc2)C(=O)O)ccc1OC. The molecule has 1 aliphatic heterocycles. The first-order chi connectivity index (χ1) is 18.0. The van der Waals surface area contributed by atoms with Gasteiger partial charge in [-0.15, -0.1) is 11.8 Å². The standard InChI is InChI=1S/C28H26F3NO5S/c1-4-37-23-14-18(10-13-22(23)36-3)25-27(26(34)35,38-21-11-8-17(2)9-12-21)16-24(33)32(25)20-7-5-6-19(15-20)28(29,30)31/h5-15,25H,4,16H2,1-3H3,(H,34,35)/t25-,27-/m1/s1. The van der Waals surface area contributed by atoms with Gasteiger partial charge in [-0.25, -0.2) is 0 Å². The molecule has 200 valence electrons. The van der Waals surface area contributed by atoms with Gasteiger partial charge in [0.15, 0.2) is 16.2 Å². The van der Waals surface area contributed by atoms with Crippen LogP contribution in [0, 0.1) is 6.92 Å². The number of carboxylic acid groups (broad SMARTS) is 1. The van der Waals surface area contributed by atoms with Gasteiger partial charge in [0.1, 0.15) is 0 Å². The highest BCUT2D eigenvalue weighted by atomic mass is 32.2. The van der Waals surface area contributed by atoms with Gasteiger partial charge < -0.3 is 19.5 Å². The molecule has 0 aromatic heterocycles. The Balaban J connectivity index is 1.94. The van der Waals surface area contributed by atoms with Gasteiger partial charge in [0, 0.05) is 10.6 Å². The highest BCUT2D eigenvalue weighted by Crippen LogP contribution is 2.55. The minimum atomic E-state index is -4.64. The molecule has 1 aliphatic rings. The molecule has 1 heterocycles. The van der Waals surface area contributed by atoms with Gasteiger partial charge >= 0.3 is 12.1 Å². The molecule has 0 saturated carbocycles. The van der Waals surface area contributed by atoms with Crippen LogP contribution in [0.1, 0.15) is 36.1 Å². The number of nitrogens with zero attached hydrogens (tertiary/aromatic N) is 1. The van der Waals surface area contributed by atoms with E-state index in [1.165, 1.54) is 19.2 Å². The monoisotopic (exact) mass is 545 g/mol. The average Bonchev–Trinajstić information content (AvgIpc) is 3.18. The number of carboxylic acids is 1. The first-order valence-corrected chi connectivity index (χ1v) is 12.6. The van der Waals surface area contributed by atoms with Crippen molar-refractivity contribution in [3.8, 4) is 11.5 Å². The van der Waals surface area contributed by atoms with Gasteiger partial charge in [0.2, 0.25) is 5.91 Å². The van der Waals surface area contributed by atoms with Crippen molar-refractivity contribution >= 4 is 29.3 Å². The molecule has 38 heavy (non-hydrogen) atoms. The lowest BCUT2D eigenvalue weighted by Gasteiger charge is -2.35. The first-order valence-electron chi connectivity index (χ1n) is 11.8. The summed E-state index contributed by atoms with van der Waals surface area (Å²) in [5, 5.41) is 10.6. The van der Waals surface area contributed by atoms with E-state index in [9.17, 15) is 27.9 Å². The average molecular weight is 546 g/mol. The highest BCUT2D eigenvalue weighted by molar-refractivity contribution is 8.01. The van der Waals surface area contributed by atoms with Crippen molar-refractivity contribution in [1.82, 2.24) is 0 Å². The summed E-state index contributed by atoms with van der Waals surface area (Å²) in [6.45, 7) is 3.96. The smallest absolute Gasteiger partial charge is 0.416 e. The van der Waals surface area contributed by atoms with Crippen LogP contribution in [0.4, 0.5) is 18.9 Å². The number of anilines is 1. The van der Waals surface area contributed by atoms with Gasteiger partial charge in [-0.2, -0.15) is 13.2 Å². The normalized spacial score (nSPS) is 19.5. The van der Waals surface area contributed by atoms with E-state index >= 15 is 0 Å². The summed E-state index contributed by atoms with van der Waals surface area (Å²) in [6.07, 6.45) is -5.07. The van der Waals surface area contributed by atoms with Gasteiger partial charge in [-0.3, -0.25) is 9.59 Å². The Morgan fingerprint density at radius 2 is 1.82 bits per heavy atom. The van der Waals surface area contributed by atoms with Crippen molar-refractivity contribution < 1.29 is 37.3 Å². The lowest BCUT2D eigenvalue weighted by Crippen LogP contribution is -2.42. The predicted molar refractivity (Wildman–Crippen MR) is 138 cm³/mol. The number of carbonyl (C=O) groups excluding carboxylic acids is 1. The van der Waals surface area contributed by atoms with Crippen LogP contribution in [0.15, 0.2) is 71.6 Å². The molecule has 0 spiro atoms. The Hall–Kier alpha value is -3.66. The zero-order valence-electron chi connectivity index (χ0n) is 20.9. The third-order valence-corrected chi connectivity index (χ3v) is 7.73. The Morgan fingerprint density at radius 1 is 1.11 bits per heavy atom. The van der Waals surface area contributed by atoms with Crippen molar-refractivity contribution in [2.24, 2.45) is 0 Å². The number of benzene rings is 3. The minimum absolute atomic E-state index is 0.0452. The number of hydrogen-bond donors (Lipinski definition) is 1. The van der Waals surface area contributed by atoms with E-state index in [4.69, 9.17) is 9.47 Å². The van der Waals surface area contributed by atoms with E-state index in [0.29, 0.717) is 28.6 Å². The second kappa shape index (κ2) is 10.6. The second-order valence-corrected chi connectivity index (χ2v) is 10.2. The van der Waals surface area contributed by atoms with Gasteiger partial charge in [0.25, 0.3) is 0 Å². The van der Waals surface area contributed by atoms with Crippen molar-refractivity contribution in [2.45, 2.75) is 42.1 Å². The third-order valence-electron chi connectivity index (χ3n) is 6.32. The van der Waals surface area contributed by atoms with Gasteiger partial charge in [-0.1, -0.05) is 29.8 Å². The van der Waals surface area contributed by atoms with E-state index in [-0.39, 0.29) is 5.69 Å². The molecule has 6 nitrogen and oxygen atoms in total. The molecule has 2 atom stereocenters. The van der Waals surface area contributed by atoms with E-state index in [1.807, 2.05) is 19.1 Å². The van der Waals surface area contributed by atoms with Crippen LogP contribution >= 0.6 is 11.8 Å². The number of aliphatic carboxylic acids is 1. The van der Waals surface area contributed by atoms with Crippen molar-refractivity contribution in [3.63, 3.8) is 0 Å². The molecule has 1 amide bonds. The molecular weight excluding hydrogens is 519 g/mol. The summed E-state index contributed by atoms with van der Waals surface area (Å²) in [5.74, 6) is -1.14. The largest absolute Gasteiger partial charge is 0.493 e. The summed E-state index contributed by atoms with van der Waals surface area (Å²) in [5.41, 5.74) is 0.376. The maximum Gasteiger partial charge on any atom is 0.416 e. The zero-order valence-corrected chi connectivity index (χ0v) is 21.7. The highest BCUT2D eigenvalue weighted by Gasteiger charge is 2.59. The van der Waals surface area contributed by atoms with Crippen LogP contribution < -0.4 is 14.4 Å². The van der Waals surface area contributed by atoms with E-state index < -0.39 is 40.8 Å². The molecule has 10 heteroatoms. The lowest BCUT2D eigenvalue weighted by molar-refractivity contribution is -0.140. The number of halogens is 3. The van der Waals surface area contributed by atoms with Crippen LogP contribution in [0.3, 0.4) is 0 Å². The maximum atomic E-state index is 13.6. The zero-order chi connectivity index (χ0) is 27.7. The number of carbonyl (C=O) groups is 2. The molecule has 1 N–H and O–H groups in total. The Labute approximate surface area is 222 Å².